The largest absolute Gasteiger partial charge is 0.482 e. The molecule has 1 amide bonds. The summed E-state index contributed by atoms with van der Waals surface area (Å²) in [6.07, 6.45) is 0.565. The summed E-state index contributed by atoms with van der Waals surface area (Å²) in [5, 5.41) is 2.58. The number of anilines is 1. The molecule has 0 aromatic heterocycles. The maximum absolute atomic E-state index is 13.4. The maximum Gasteiger partial charge on any atom is 0.338 e. The number of sulfonamides is 1. The summed E-state index contributed by atoms with van der Waals surface area (Å²) in [6, 6.07) is 15.9. The molecule has 0 saturated heterocycles. The highest BCUT2D eigenvalue weighted by Crippen LogP contribution is 2.31. The van der Waals surface area contributed by atoms with Gasteiger partial charge in [-0.2, -0.15) is 4.31 Å². The lowest BCUT2D eigenvalue weighted by molar-refractivity contribution is -0.118. The van der Waals surface area contributed by atoms with Gasteiger partial charge in [0.05, 0.1) is 16.3 Å². The Balaban J connectivity index is 1.29. The lowest BCUT2D eigenvalue weighted by Gasteiger charge is -2.28. The first-order valence-electron chi connectivity index (χ1n) is 11.4. The van der Waals surface area contributed by atoms with Crippen molar-refractivity contribution in [2.24, 2.45) is 0 Å². The maximum atomic E-state index is 13.4. The quantitative estimate of drug-likeness (QED) is 0.375. The lowest BCUT2D eigenvalue weighted by Crippen LogP contribution is -2.36. The first-order chi connectivity index (χ1) is 17.7. The van der Waals surface area contributed by atoms with E-state index in [1.54, 1.807) is 6.07 Å². The number of nitrogens with zero attached hydrogens (tertiary/aromatic N) is 1. The number of nitrogens with one attached hydrogen (secondary N) is 1. The van der Waals surface area contributed by atoms with Crippen LogP contribution in [0, 0.1) is 0 Å². The average Bonchev–Trinajstić information content (AvgIpc) is 2.90. The lowest BCUT2D eigenvalue weighted by atomic mass is 10.0. The number of halogens is 1. The third kappa shape index (κ3) is 5.08. The number of carbonyl (C=O) groups excluding carboxylic acids is 3. The Morgan fingerprint density at radius 3 is 2.59 bits per heavy atom. The summed E-state index contributed by atoms with van der Waals surface area (Å²) >= 11 is 6.23. The van der Waals surface area contributed by atoms with Crippen LogP contribution in [0.15, 0.2) is 65.6 Å². The van der Waals surface area contributed by atoms with Gasteiger partial charge in [-0.25, -0.2) is 13.2 Å². The van der Waals surface area contributed by atoms with Gasteiger partial charge in [-0.05, 0) is 53.9 Å². The molecule has 0 bridgehead atoms. The smallest absolute Gasteiger partial charge is 0.338 e. The molecule has 0 unspecified atom stereocenters. The fourth-order valence-corrected chi connectivity index (χ4v) is 6.12. The Morgan fingerprint density at radius 2 is 1.78 bits per heavy atom. The minimum atomic E-state index is -4.00. The van der Waals surface area contributed by atoms with Gasteiger partial charge in [-0.1, -0.05) is 35.9 Å². The molecule has 3 aromatic rings. The van der Waals surface area contributed by atoms with E-state index in [0.29, 0.717) is 17.9 Å². The first kappa shape index (κ1) is 24.9. The topological polar surface area (TPSA) is 119 Å². The highest BCUT2D eigenvalue weighted by Gasteiger charge is 2.31. The van der Waals surface area contributed by atoms with Crippen molar-refractivity contribution in [2.75, 3.05) is 25.1 Å². The molecule has 0 spiro atoms. The summed E-state index contributed by atoms with van der Waals surface area (Å²) in [5.41, 5.74) is 2.51. The van der Waals surface area contributed by atoms with Crippen LogP contribution in [0.4, 0.5) is 5.69 Å². The van der Waals surface area contributed by atoms with E-state index in [2.05, 4.69) is 5.32 Å². The second-order valence-corrected chi connectivity index (χ2v) is 10.9. The fraction of sp³-hybridized carbons (Fsp3) is 0.192. The monoisotopic (exact) mass is 540 g/mol. The number of hydrogen-bond acceptors (Lipinski definition) is 7. The third-order valence-electron chi connectivity index (χ3n) is 6.15. The molecule has 9 nitrogen and oxygen atoms in total. The summed E-state index contributed by atoms with van der Waals surface area (Å²) in [5.74, 6) is -1.30. The van der Waals surface area contributed by atoms with Crippen molar-refractivity contribution in [3.8, 4) is 5.75 Å². The van der Waals surface area contributed by atoms with Crippen LogP contribution in [0.1, 0.15) is 31.8 Å². The summed E-state index contributed by atoms with van der Waals surface area (Å²) < 4.78 is 38.5. The summed E-state index contributed by atoms with van der Waals surface area (Å²) in [4.78, 5) is 36.6. The van der Waals surface area contributed by atoms with Gasteiger partial charge in [-0.15, -0.1) is 0 Å². The molecule has 0 radical (unpaired) electrons. The van der Waals surface area contributed by atoms with Crippen LogP contribution in [0.5, 0.6) is 5.75 Å². The zero-order valence-electron chi connectivity index (χ0n) is 19.4. The summed E-state index contributed by atoms with van der Waals surface area (Å²) in [7, 11) is -4.00. The van der Waals surface area contributed by atoms with Gasteiger partial charge in [0.1, 0.15) is 10.6 Å². The van der Waals surface area contributed by atoms with Gasteiger partial charge in [0.25, 0.3) is 5.91 Å². The van der Waals surface area contributed by atoms with E-state index in [9.17, 15) is 22.8 Å². The Morgan fingerprint density at radius 1 is 1.03 bits per heavy atom. The van der Waals surface area contributed by atoms with E-state index in [0.717, 1.165) is 17.2 Å². The number of carbonyl (C=O) groups is 3. The van der Waals surface area contributed by atoms with Gasteiger partial charge < -0.3 is 14.8 Å². The van der Waals surface area contributed by atoms with Crippen molar-refractivity contribution in [1.82, 2.24) is 4.31 Å². The molecular formula is C26H21ClN2O7S. The SMILES string of the molecule is O=C1COc2ccc(C(=O)COC(=O)c3ccc(Cl)c(S(=O)(=O)N4CCc5ccccc5C4)c3)cc2N1. The van der Waals surface area contributed by atoms with Gasteiger partial charge >= 0.3 is 5.97 Å². The van der Waals surface area contributed by atoms with Crippen LogP contribution in [-0.2, 0) is 32.5 Å². The van der Waals surface area contributed by atoms with Crippen LogP contribution in [0.2, 0.25) is 5.02 Å². The van der Waals surface area contributed by atoms with Crippen molar-refractivity contribution in [3.63, 3.8) is 0 Å². The van der Waals surface area contributed by atoms with E-state index < -0.39 is 28.4 Å². The minimum absolute atomic E-state index is 0.0233. The number of Topliss-reactive ketones (excluding diaryl/α,β-unsaturated/α-hetero) is 1. The number of fused-ring (bicyclic) bond motifs is 2. The Bertz CT molecular complexity index is 1540. The highest BCUT2D eigenvalue weighted by atomic mass is 35.5. The molecule has 1 N–H and O–H groups in total. The zero-order chi connectivity index (χ0) is 26.2. The molecule has 37 heavy (non-hydrogen) atoms. The number of esters is 1. The normalized spacial score (nSPS) is 15.1. The zero-order valence-corrected chi connectivity index (χ0v) is 21.0. The molecule has 3 aromatic carbocycles. The van der Waals surface area contributed by atoms with Crippen LogP contribution in [0.3, 0.4) is 0 Å². The summed E-state index contributed by atoms with van der Waals surface area (Å²) in [6.45, 7) is -0.211. The molecule has 5 rings (SSSR count). The first-order valence-corrected chi connectivity index (χ1v) is 13.2. The molecule has 2 heterocycles. The van der Waals surface area contributed by atoms with E-state index in [1.165, 1.54) is 28.6 Å². The number of ether oxygens (including phenoxy) is 2. The van der Waals surface area contributed by atoms with E-state index in [1.807, 2.05) is 24.3 Å². The second kappa shape index (κ2) is 9.97. The average molecular weight is 541 g/mol. The van der Waals surface area contributed by atoms with Crippen LogP contribution in [0.25, 0.3) is 0 Å². The Hall–Kier alpha value is -3.73. The predicted octanol–water partition coefficient (Wildman–Crippen LogP) is 3.46. The molecule has 2 aliphatic rings. The van der Waals surface area contributed by atoms with E-state index in [-0.39, 0.29) is 46.6 Å². The molecule has 0 aliphatic carbocycles. The standard InChI is InChI=1S/C26H21ClN2O7S/c27-20-7-5-18(12-24(20)37(33,34)29-10-9-16-3-1-2-4-19(16)13-29)26(32)36-14-22(30)17-6-8-23-21(11-17)28-25(31)15-35-23/h1-8,11-12H,9-10,13-15H2,(H,28,31). The molecule has 190 valence electrons. The predicted molar refractivity (Wildman–Crippen MR) is 134 cm³/mol. The minimum Gasteiger partial charge on any atom is -0.482 e. The van der Waals surface area contributed by atoms with Gasteiger partial charge in [0.15, 0.2) is 19.0 Å². The number of amides is 1. The second-order valence-electron chi connectivity index (χ2n) is 8.55. The fourth-order valence-electron chi connectivity index (χ4n) is 4.20. The third-order valence-corrected chi connectivity index (χ3v) is 8.48. The van der Waals surface area contributed by atoms with Gasteiger partial charge in [0, 0.05) is 18.7 Å². The van der Waals surface area contributed by atoms with Crippen LogP contribution in [-0.4, -0.2) is 50.1 Å². The number of benzene rings is 3. The molecule has 11 heteroatoms. The Kier molecular flexibility index (Phi) is 6.72. The molecule has 2 aliphatic heterocycles. The number of rotatable bonds is 6. The highest BCUT2D eigenvalue weighted by molar-refractivity contribution is 7.89. The van der Waals surface area contributed by atoms with Crippen molar-refractivity contribution < 1.29 is 32.3 Å². The van der Waals surface area contributed by atoms with Crippen LogP contribution < -0.4 is 10.1 Å². The molecule has 0 atom stereocenters. The van der Waals surface area contributed by atoms with Crippen molar-refractivity contribution in [2.45, 2.75) is 17.9 Å². The van der Waals surface area contributed by atoms with E-state index in [4.69, 9.17) is 21.1 Å². The van der Waals surface area contributed by atoms with Crippen LogP contribution >= 0.6 is 11.6 Å². The van der Waals surface area contributed by atoms with Gasteiger partial charge in [0.2, 0.25) is 10.0 Å². The Labute approximate surface area is 218 Å². The number of hydrogen-bond donors (Lipinski definition) is 1. The molecule has 0 saturated carbocycles. The van der Waals surface area contributed by atoms with Crippen molar-refractivity contribution >= 4 is 45.0 Å². The van der Waals surface area contributed by atoms with E-state index >= 15 is 0 Å². The van der Waals surface area contributed by atoms with Crippen molar-refractivity contribution in [1.29, 1.82) is 0 Å². The van der Waals surface area contributed by atoms with Crippen molar-refractivity contribution in [3.05, 3.63) is 87.9 Å². The number of ketones is 1. The molecular weight excluding hydrogens is 520 g/mol. The van der Waals surface area contributed by atoms with Gasteiger partial charge in [-0.3, -0.25) is 9.59 Å². The molecule has 0 fully saturated rings.